The van der Waals surface area contributed by atoms with Crippen LogP contribution >= 0.6 is 0 Å². The van der Waals surface area contributed by atoms with Gasteiger partial charge in [0.15, 0.2) is 0 Å². The van der Waals surface area contributed by atoms with Gasteiger partial charge in [-0.3, -0.25) is 9.00 Å². The summed E-state index contributed by atoms with van der Waals surface area (Å²) in [6.07, 6.45) is 5.48. The molecule has 6 heteroatoms. The van der Waals surface area contributed by atoms with Crippen LogP contribution in [0.1, 0.15) is 42.3 Å². The van der Waals surface area contributed by atoms with Gasteiger partial charge in [0.25, 0.3) is 0 Å². The second-order valence-electron chi connectivity index (χ2n) is 6.85. The van der Waals surface area contributed by atoms with Gasteiger partial charge in [-0.2, -0.15) is 0 Å². The zero-order valence-electron chi connectivity index (χ0n) is 16.3. The number of carbonyl (C=O) groups excluding carboxylic acids is 1. The molecule has 2 aromatic carbocycles. The van der Waals surface area contributed by atoms with E-state index in [-0.39, 0.29) is 17.9 Å². The van der Waals surface area contributed by atoms with Crippen molar-refractivity contribution in [2.24, 2.45) is 0 Å². The average molecular weight is 396 g/mol. The summed E-state index contributed by atoms with van der Waals surface area (Å²) in [6.45, 7) is 2.00. The molecule has 0 fully saturated rings. The van der Waals surface area contributed by atoms with E-state index in [0.717, 1.165) is 21.8 Å². The Balaban J connectivity index is 1.76. The Morgan fingerprint density at radius 3 is 2.36 bits per heavy atom. The molecule has 1 N–H and O–H groups in total. The third kappa shape index (κ3) is 4.57. The first-order chi connectivity index (χ1) is 13.5. The largest absolute Gasteiger partial charge is 0.348 e. The fourth-order valence-corrected chi connectivity index (χ4v) is 3.74. The lowest BCUT2D eigenvalue weighted by Crippen LogP contribution is -2.31. The molecular weight excluding hydrogens is 370 g/mol. The topological polar surface area (TPSA) is 66.1 Å². The van der Waals surface area contributed by atoms with Gasteiger partial charge < -0.3 is 9.88 Å². The molecule has 0 bridgehead atoms. The van der Waals surface area contributed by atoms with E-state index in [1.54, 1.807) is 23.5 Å². The van der Waals surface area contributed by atoms with Crippen LogP contribution in [0.4, 0.5) is 0 Å². The molecule has 1 amide bonds. The van der Waals surface area contributed by atoms with E-state index in [9.17, 15) is 9.00 Å². The van der Waals surface area contributed by atoms with Crippen molar-refractivity contribution in [2.75, 3.05) is 13.3 Å². The van der Waals surface area contributed by atoms with E-state index in [2.05, 4.69) is 9.97 Å². The highest BCUT2D eigenvalue weighted by molar-refractivity contribution is 7.84. The molecule has 0 aliphatic rings. The maximum Gasteiger partial charge on any atom is 0.223 e. The van der Waals surface area contributed by atoms with Crippen molar-refractivity contribution < 1.29 is 9.00 Å². The molecule has 1 aromatic heterocycles. The molecule has 0 aliphatic heterocycles. The minimum absolute atomic E-state index is 0.0425. The van der Waals surface area contributed by atoms with Crippen LogP contribution in [0, 0.1) is 0 Å². The van der Waals surface area contributed by atoms with Crippen LogP contribution in [0.5, 0.6) is 0 Å². The summed E-state index contributed by atoms with van der Waals surface area (Å²) in [5.41, 5.74) is 2.07. The minimum Gasteiger partial charge on any atom is -0.348 e. The van der Waals surface area contributed by atoms with E-state index in [1.807, 2.05) is 68.6 Å². The Bertz CT molecular complexity index is 924. The lowest BCUT2D eigenvalue weighted by Gasteiger charge is -2.27. The van der Waals surface area contributed by atoms with Crippen LogP contribution in [-0.2, 0) is 15.6 Å². The molecule has 28 heavy (non-hydrogen) atoms. The molecule has 0 saturated heterocycles. The Morgan fingerprint density at radius 1 is 1.11 bits per heavy atom. The minimum atomic E-state index is -1.01. The number of amides is 1. The normalized spacial score (nSPS) is 14.2. The predicted molar refractivity (Wildman–Crippen MR) is 111 cm³/mol. The van der Waals surface area contributed by atoms with Crippen LogP contribution in [0.2, 0.25) is 0 Å². The van der Waals surface area contributed by atoms with Crippen molar-refractivity contribution in [3.8, 4) is 0 Å². The van der Waals surface area contributed by atoms with Gasteiger partial charge in [-0.25, -0.2) is 4.98 Å². The third-order valence-electron chi connectivity index (χ3n) is 5.10. The fourth-order valence-electron chi connectivity index (χ4n) is 3.22. The summed E-state index contributed by atoms with van der Waals surface area (Å²) in [5, 5.41) is 0. The molecule has 3 atom stereocenters. The Kier molecular flexibility index (Phi) is 6.41. The Labute approximate surface area is 168 Å². The van der Waals surface area contributed by atoms with Crippen molar-refractivity contribution in [2.45, 2.75) is 30.2 Å². The number of aromatic amines is 1. The predicted octanol–water partition coefficient (Wildman–Crippen LogP) is 3.89. The van der Waals surface area contributed by atoms with Crippen molar-refractivity contribution in [3.63, 3.8) is 0 Å². The zero-order valence-corrected chi connectivity index (χ0v) is 17.1. The number of rotatable bonds is 7. The summed E-state index contributed by atoms with van der Waals surface area (Å²) in [4.78, 5) is 23.1. The van der Waals surface area contributed by atoms with Gasteiger partial charge in [-0.15, -0.1) is 0 Å². The smallest absolute Gasteiger partial charge is 0.223 e. The zero-order chi connectivity index (χ0) is 20.1. The third-order valence-corrected chi connectivity index (χ3v) is 6.03. The summed E-state index contributed by atoms with van der Waals surface area (Å²) < 4.78 is 11.6. The highest BCUT2D eigenvalue weighted by atomic mass is 32.2. The SMILES string of the molecule is CC(c1ccc(S(C)=O)cc1)N(C)C(=O)CC(c1ccccc1)c1ncc[nH]1. The van der Waals surface area contributed by atoms with Crippen LogP contribution in [-0.4, -0.2) is 38.3 Å². The van der Waals surface area contributed by atoms with Gasteiger partial charge in [-0.05, 0) is 30.2 Å². The molecule has 0 radical (unpaired) electrons. The number of nitrogens with zero attached hydrogens (tertiary/aromatic N) is 2. The molecule has 0 saturated carbocycles. The average Bonchev–Trinajstić information content (AvgIpc) is 3.26. The molecule has 0 aliphatic carbocycles. The standard InChI is InChI=1S/C22H25N3O2S/c1-16(17-9-11-19(12-10-17)28(3)27)25(2)21(26)15-20(22-23-13-14-24-22)18-7-5-4-6-8-18/h4-14,16,20H,15H2,1-3H3,(H,23,24). The highest BCUT2D eigenvalue weighted by Gasteiger charge is 2.25. The number of imidazole rings is 1. The summed E-state index contributed by atoms with van der Waals surface area (Å²) >= 11 is 0. The number of hydrogen-bond donors (Lipinski definition) is 1. The number of H-pyrrole nitrogens is 1. The summed E-state index contributed by atoms with van der Waals surface area (Å²) in [5.74, 6) is 0.708. The van der Waals surface area contributed by atoms with E-state index >= 15 is 0 Å². The number of carbonyl (C=O) groups is 1. The van der Waals surface area contributed by atoms with E-state index in [4.69, 9.17) is 0 Å². The van der Waals surface area contributed by atoms with E-state index in [0.29, 0.717) is 6.42 Å². The van der Waals surface area contributed by atoms with Crippen LogP contribution < -0.4 is 0 Å². The first-order valence-corrected chi connectivity index (χ1v) is 10.8. The van der Waals surface area contributed by atoms with Gasteiger partial charge in [-0.1, -0.05) is 42.5 Å². The number of benzene rings is 2. The number of aromatic nitrogens is 2. The van der Waals surface area contributed by atoms with Crippen LogP contribution in [0.25, 0.3) is 0 Å². The van der Waals surface area contributed by atoms with E-state index < -0.39 is 10.8 Å². The molecule has 0 spiro atoms. The molecule has 146 valence electrons. The van der Waals surface area contributed by atoms with Gasteiger partial charge in [0.05, 0.1) is 12.0 Å². The molecular formula is C22H25N3O2S. The fraction of sp³-hybridized carbons (Fsp3) is 0.273. The van der Waals surface area contributed by atoms with Crippen molar-refractivity contribution in [1.29, 1.82) is 0 Å². The second-order valence-corrected chi connectivity index (χ2v) is 8.23. The quantitative estimate of drug-likeness (QED) is 0.660. The van der Waals surface area contributed by atoms with Crippen LogP contribution in [0.15, 0.2) is 71.9 Å². The molecule has 1 heterocycles. The lowest BCUT2D eigenvalue weighted by molar-refractivity contribution is -0.132. The Morgan fingerprint density at radius 2 is 1.79 bits per heavy atom. The summed E-state index contributed by atoms with van der Waals surface area (Å²) in [7, 11) is 0.815. The molecule has 5 nitrogen and oxygen atoms in total. The maximum absolute atomic E-state index is 13.0. The first kappa shape index (κ1) is 20.0. The van der Waals surface area contributed by atoms with Gasteiger partial charge in [0, 0.05) is 47.8 Å². The van der Waals surface area contributed by atoms with Crippen molar-refractivity contribution in [1.82, 2.24) is 14.9 Å². The highest BCUT2D eigenvalue weighted by Crippen LogP contribution is 2.28. The summed E-state index contributed by atoms with van der Waals surface area (Å²) in [6, 6.07) is 17.5. The number of hydrogen-bond acceptors (Lipinski definition) is 3. The second kappa shape index (κ2) is 8.97. The Hall–Kier alpha value is -2.73. The molecule has 3 aromatic rings. The lowest BCUT2D eigenvalue weighted by atomic mass is 9.94. The molecule has 3 rings (SSSR count). The van der Waals surface area contributed by atoms with Crippen LogP contribution in [0.3, 0.4) is 0 Å². The van der Waals surface area contributed by atoms with Gasteiger partial charge in [0.1, 0.15) is 5.82 Å². The first-order valence-electron chi connectivity index (χ1n) is 9.20. The van der Waals surface area contributed by atoms with Crippen molar-refractivity contribution >= 4 is 16.7 Å². The number of nitrogens with one attached hydrogen (secondary N) is 1. The maximum atomic E-state index is 13.0. The van der Waals surface area contributed by atoms with Gasteiger partial charge >= 0.3 is 0 Å². The van der Waals surface area contributed by atoms with E-state index in [1.165, 1.54) is 0 Å². The van der Waals surface area contributed by atoms with Gasteiger partial charge in [0.2, 0.25) is 5.91 Å². The molecule has 3 unspecified atom stereocenters. The monoisotopic (exact) mass is 395 g/mol. The van der Waals surface area contributed by atoms with Crippen molar-refractivity contribution in [3.05, 3.63) is 83.9 Å².